The third-order valence-corrected chi connectivity index (χ3v) is 7.07. The first-order valence-electron chi connectivity index (χ1n) is 12.3. The normalized spacial score (nSPS) is 18.1. The van der Waals surface area contributed by atoms with E-state index in [-0.39, 0.29) is 30.5 Å². The lowest BCUT2D eigenvalue weighted by Crippen LogP contribution is -2.44. The molecule has 182 valence electrons. The van der Waals surface area contributed by atoms with Crippen molar-refractivity contribution in [3.8, 4) is 5.75 Å². The van der Waals surface area contributed by atoms with Crippen LogP contribution in [0.3, 0.4) is 0 Å². The molecule has 0 radical (unpaired) electrons. The summed E-state index contributed by atoms with van der Waals surface area (Å²) in [5.74, 6) is 0.917. The maximum atomic E-state index is 13.0. The maximum Gasteiger partial charge on any atom is 0.255 e. The van der Waals surface area contributed by atoms with Crippen LogP contribution in [0.5, 0.6) is 5.75 Å². The van der Waals surface area contributed by atoms with E-state index in [0.29, 0.717) is 36.5 Å². The van der Waals surface area contributed by atoms with E-state index in [1.807, 2.05) is 18.2 Å². The first kappa shape index (κ1) is 23.3. The lowest BCUT2D eigenvalue weighted by molar-refractivity contribution is -0.133. The number of ketones is 2. The van der Waals surface area contributed by atoms with Crippen molar-refractivity contribution in [2.45, 2.75) is 58.8 Å². The summed E-state index contributed by atoms with van der Waals surface area (Å²) >= 11 is 0. The zero-order valence-corrected chi connectivity index (χ0v) is 20.2. The number of Topliss-reactive ketones (excluding diaryl/α,β-unsaturated/α-hetero) is 2. The Labute approximate surface area is 204 Å². The van der Waals surface area contributed by atoms with Gasteiger partial charge >= 0.3 is 0 Å². The highest BCUT2D eigenvalue weighted by molar-refractivity contribution is 6.07. The highest BCUT2D eigenvalue weighted by Gasteiger charge is 2.40. The monoisotopic (exact) mass is 474 g/mol. The van der Waals surface area contributed by atoms with E-state index < -0.39 is 6.04 Å². The number of ether oxygens (including phenoxy) is 1. The van der Waals surface area contributed by atoms with Crippen molar-refractivity contribution < 1.29 is 23.5 Å². The number of hydrogen-bond donors (Lipinski definition) is 0. The predicted molar refractivity (Wildman–Crippen MR) is 131 cm³/mol. The topological polar surface area (TPSA) is 80.1 Å². The van der Waals surface area contributed by atoms with Crippen LogP contribution < -0.4 is 4.74 Å². The number of furan rings is 1. The van der Waals surface area contributed by atoms with Crippen LogP contribution in [0.25, 0.3) is 11.0 Å². The molecule has 1 atom stereocenters. The average molecular weight is 475 g/mol. The Bertz CT molecular complexity index is 1290. The molecule has 1 fully saturated rings. The van der Waals surface area contributed by atoms with E-state index in [4.69, 9.17) is 9.15 Å². The number of nitrogens with zero attached hydrogens (tertiary/aromatic N) is 2. The van der Waals surface area contributed by atoms with Crippen molar-refractivity contribution in [3.63, 3.8) is 0 Å². The van der Waals surface area contributed by atoms with E-state index in [1.165, 1.54) is 5.56 Å². The zero-order valence-electron chi connectivity index (χ0n) is 20.2. The van der Waals surface area contributed by atoms with Crippen molar-refractivity contribution in [2.75, 3.05) is 13.1 Å². The largest absolute Gasteiger partial charge is 0.485 e. The fraction of sp³-hybridized carbons (Fsp3) is 0.393. The predicted octanol–water partition coefficient (Wildman–Crippen LogP) is 4.50. The Kier molecular flexibility index (Phi) is 6.43. The fourth-order valence-corrected chi connectivity index (χ4v) is 5.07. The van der Waals surface area contributed by atoms with Gasteiger partial charge in [-0.2, -0.15) is 0 Å². The van der Waals surface area contributed by atoms with E-state index >= 15 is 0 Å². The molecule has 1 aliphatic heterocycles. The van der Waals surface area contributed by atoms with Crippen molar-refractivity contribution >= 4 is 28.4 Å². The molecular weight excluding hydrogens is 444 g/mol. The van der Waals surface area contributed by atoms with E-state index in [0.717, 1.165) is 36.2 Å². The number of carbonyl (C=O) groups is 3. The molecule has 7 heteroatoms. The van der Waals surface area contributed by atoms with Crippen molar-refractivity contribution in [3.05, 3.63) is 64.9 Å². The summed E-state index contributed by atoms with van der Waals surface area (Å²) in [5.41, 5.74) is 3.39. The second-order valence-electron chi connectivity index (χ2n) is 9.29. The Hall–Kier alpha value is -3.45. The Balaban J connectivity index is 1.30. The Morgan fingerprint density at radius 1 is 1.09 bits per heavy atom. The van der Waals surface area contributed by atoms with Crippen molar-refractivity contribution in [1.82, 2.24) is 9.80 Å². The molecule has 3 aromatic rings. The number of amides is 1. The van der Waals surface area contributed by atoms with Gasteiger partial charge in [0, 0.05) is 29.5 Å². The quantitative estimate of drug-likeness (QED) is 0.447. The van der Waals surface area contributed by atoms with Gasteiger partial charge in [0.15, 0.2) is 5.78 Å². The van der Waals surface area contributed by atoms with Crippen LogP contribution in [0.2, 0.25) is 0 Å². The second-order valence-corrected chi connectivity index (χ2v) is 9.29. The number of rotatable bonds is 8. The van der Waals surface area contributed by atoms with Gasteiger partial charge in [-0.15, -0.1) is 0 Å². The summed E-state index contributed by atoms with van der Waals surface area (Å²) in [4.78, 5) is 41.0. The summed E-state index contributed by atoms with van der Waals surface area (Å²) in [5, 5.41) is 1.04. The smallest absolute Gasteiger partial charge is 0.255 e. The highest BCUT2D eigenvalue weighted by Crippen LogP contribution is 2.35. The van der Waals surface area contributed by atoms with E-state index in [1.54, 1.807) is 17.0 Å². The summed E-state index contributed by atoms with van der Waals surface area (Å²) < 4.78 is 12.1. The summed E-state index contributed by atoms with van der Waals surface area (Å²) in [6.07, 6.45) is 0.641. The van der Waals surface area contributed by atoms with Gasteiger partial charge in [0.25, 0.3) is 5.91 Å². The number of fused-ring (bicyclic) bond motifs is 2. The van der Waals surface area contributed by atoms with Crippen LogP contribution in [0, 0.1) is 0 Å². The minimum Gasteiger partial charge on any atom is -0.485 e. The number of hydrogen-bond acceptors (Lipinski definition) is 6. The van der Waals surface area contributed by atoms with Gasteiger partial charge in [-0.25, -0.2) is 0 Å². The van der Waals surface area contributed by atoms with Crippen LogP contribution in [0.4, 0.5) is 0 Å². The molecule has 35 heavy (non-hydrogen) atoms. The summed E-state index contributed by atoms with van der Waals surface area (Å²) in [6, 6.07) is 13.1. The molecule has 1 saturated carbocycles. The van der Waals surface area contributed by atoms with Gasteiger partial charge in [0.05, 0.1) is 19.0 Å². The van der Waals surface area contributed by atoms with E-state index in [2.05, 4.69) is 30.9 Å². The summed E-state index contributed by atoms with van der Waals surface area (Å²) in [7, 11) is 0. The maximum absolute atomic E-state index is 13.0. The van der Waals surface area contributed by atoms with Crippen LogP contribution in [0.1, 0.15) is 60.4 Å². The van der Waals surface area contributed by atoms with Gasteiger partial charge in [0.2, 0.25) is 0 Å². The van der Waals surface area contributed by atoms with Gasteiger partial charge in [-0.3, -0.25) is 19.3 Å². The molecule has 2 aliphatic rings. The molecule has 5 rings (SSSR count). The van der Waals surface area contributed by atoms with Gasteiger partial charge in [-0.1, -0.05) is 26.0 Å². The fourth-order valence-electron chi connectivity index (χ4n) is 5.07. The molecule has 1 aromatic heterocycles. The van der Waals surface area contributed by atoms with Crippen LogP contribution >= 0.6 is 0 Å². The van der Waals surface area contributed by atoms with Crippen LogP contribution in [-0.2, 0) is 29.3 Å². The second kappa shape index (κ2) is 9.66. The molecule has 1 unspecified atom stereocenters. The third-order valence-electron chi connectivity index (χ3n) is 7.07. The van der Waals surface area contributed by atoms with Gasteiger partial charge in [-0.05, 0) is 55.4 Å². The molecule has 0 saturated heterocycles. The van der Waals surface area contributed by atoms with Gasteiger partial charge < -0.3 is 14.1 Å². The van der Waals surface area contributed by atoms with E-state index in [9.17, 15) is 14.4 Å². The molecule has 7 nitrogen and oxygen atoms in total. The standard InChI is InChI=1S/C28H30N2O5/c1-3-29(4-2)15-18-8-11-26-19(12-18)13-21(35-26)17-34-27-7-5-6-22-23(27)16-30(28(22)33)24-10-9-20(31)14-25(24)32/h5-8,11-13,24H,3-4,9-10,14-17H2,1-2H3. The molecular formula is C28H30N2O5. The molecule has 2 heterocycles. The van der Waals surface area contributed by atoms with Crippen LogP contribution in [-0.4, -0.2) is 46.4 Å². The third kappa shape index (κ3) is 4.60. The minimum absolute atomic E-state index is 0.0505. The molecule has 0 N–H and O–H groups in total. The lowest BCUT2D eigenvalue weighted by atomic mass is 9.92. The average Bonchev–Trinajstić information content (AvgIpc) is 3.42. The molecule has 0 spiro atoms. The SMILES string of the molecule is CCN(CC)Cc1ccc2oc(COc3cccc4c3CN(C3CCC(=O)CC3=O)C4=O)cc2c1. The molecule has 0 bridgehead atoms. The Morgan fingerprint density at radius 3 is 2.69 bits per heavy atom. The number of carbonyl (C=O) groups excluding carboxylic acids is 3. The Morgan fingerprint density at radius 2 is 1.91 bits per heavy atom. The van der Waals surface area contributed by atoms with Crippen LogP contribution in [0.15, 0.2) is 46.9 Å². The minimum atomic E-state index is -0.540. The zero-order chi connectivity index (χ0) is 24.5. The van der Waals surface area contributed by atoms with Crippen molar-refractivity contribution in [2.24, 2.45) is 0 Å². The molecule has 1 amide bonds. The highest BCUT2D eigenvalue weighted by atomic mass is 16.5. The number of benzene rings is 2. The molecule has 1 aliphatic carbocycles. The lowest BCUT2D eigenvalue weighted by Gasteiger charge is -2.29. The first-order chi connectivity index (χ1) is 17.0. The first-order valence-corrected chi connectivity index (χ1v) is 12.3. The van der Waals surface area contributed by atoms with Crippen molar-refractivity contribution in [1.29, 1.82) is 0 Å². The van der Waals surface area contributed by atoms with Gasteiger partial charge in [0.1, 0.15) is 29.5 Å². The molecule has 2 aromatic carbocycles. The summed E-state index contributed by atoms with van der Waals surface area (Å²) in [6.45, 7) is 7.79.